The maximum atomic E-state index is 12.1. The molecule has 1 rings (SSSR count). The number of carbonyl (C=O) groups is 1. The number of nitrogens with zero attached hydrogens (tertiary/aromatic N) is 1. The lowest BCUT2D eigenvalue weighted by Crippen LogP contribution is -2.42. The van der Waals surface area contributed by atoms with Crippen molar-refractivity contribution in [3.63, 3.8) is 0 Å². The molecule has 0 heterocycles. The molecule has 0 radical (unpaired) electrons. The number of nitrogens with two attached hydrogens (primary N) is 1. The number of hydrogen-bond donors (Lipinski definition) is 1. The Morgan fingerprint density at radius 3 is 2.53 bits per heavy atom. The molecule has 1 aromatic carbocycles. The maximum absolute atomic E-state index is 12.1. The maximum Gasteiger partial charge on any atom is 0.260 e. The van der Waals surface area contributed by atoms with Crippen molar-refractivity contribution in [3.8, 4) is 5.75 Å². The van der Waals surface area contributed by atoms with Gasteiger partial charge in [0.1, 0.15) is 5.75 Å². The zero-order chi connectivity index (χ0) is 14.4. The minimum absolute atomic E-state index is 0.00567. The number of hydrogen-bond acceptors (Lipinski definition) is 3. The molecule has 1 aromatic rings. The Bertz CT molecular complexity index is 416. The summed E-state index contributed by atoms with van der Waals surface area (Å²) in [5.74, 6) is 1.08. The Labute approximate surface area is 115 Å². The van der Waals surface area contributed by atoms with Crippen molar-refractivity contribution < 1.29 is 9.53 Å². The number of benzene rings is 1. The Morgan fingerprint density at radius 2 is 2.00 bits per heavy atom. The van der Waals surface area contributed by atoms with E-state index in [1.165, 1.54) is 0 Å². The summed E-state index contributed by atoms with van der Waals surface area (Å²) in [5, 5.41) is 0. The third-order valence-corrected chi connectivity index (χ3v) is 2.73. The molecular weight excluding hydrogens is 240 g/mol. The molecule has 0 saturated carbocycles. The molecule has 0 spiro atoms. The van der Waals surface area contributed by atoms with Gasteiger partial charge in [-0.25, -0.2) is 0 Å². The molecule has 0 fully saturated rings. The van der Waals surface area contributed by atoms with Crippen LogP contribution in [-0.4, -0.2) is 30.0 Å². The molecule has 106 valence electrons. The molecule has 0 bridgehead atoms. The third-order valence-electron chi connectivity index (χ3n) is 2.73. The molecule has 2 N–H and O–H groups in total. The van der Waals surface area contributed by atoms with Crippen LogP contribution in [0, 0.1) is 5.92 Å². The Hall–Kier alpha value is -1.71. The van der Waals surface area contributed by atoms with Gasteiger partial charge in [0.15, 0.2) is 6.61 Å². The zero-order valence-corrected chi connectivity index (χ0v) is 12.2. The fourth-order valence-corrected chi connectivity index (χ4v) is 1.83. The molecule has 0 aliphatic heterocycles. The van der Waals surface area contributed by atoms with Gasteiger partial charge in [-0.05, 0) is 31.9 Å². The molecule has 0 saturated heterocycles. The molecule has 0 aliphatic carbocycles. The summed E-state index contributed by atoms with van der Waals surface area (Å²) < 4.78 is 5.49. The predicted molar refractivity (Wildman–Crippen MR) is 78.0 cm³/mol. The smallest absolute Gasteiger partial charge is 0.260 e. The first-order valence-electron chi connectivity index (χ1n) is 6.68. The van der Waals surface area contributed by atoms with Crippen molar-refractivity contribution >= 4 is 11.6 Å². The summed E-state index contributed by atoms with van der Waals surface area (Å²) in [5.41, 5.74) is 6.30. The number of anilines is 1. The lowest BCUT2D eigenvalue weighted by molar-refractivity contribution is -0.135. The molecule has 0 aromatic heterocycles. The second-order valence-electron chi connectivity index (χ2n) is 5.39. The van der Waals surface area contributed by atoms with Crippen LogP contribution in [0.3, 0.4) is 0 Å². The molecular formula is C15H24N2O2. The van der Waals surface area contributed by atoms with Crippen LogP contribution in [0.15, 0.2) is 24.3 Å². The molecule has 4 heteroatoms. The van der Waals surface area contributed by atoms with Crippen molar-refractivity contribution in [2.24, 2.45) is 5.92 Å². The first-order chi connectivity index (χ1) is 8.90. The number of nitrogen functional groups attached to an aromatic ring is 1. The Morgan fingerprint density at radius 1 is 1.32 bits per heavy atom. The van der Waals surface area contributed by atoms with Gasteiger partial charge in [-0.15, -0.1) is 0 Å². The van der Waals surface area contributed by atoms with Crippen LogP contribution in [0.4, 0.5) is 5.69 Å². The van der Waals surface area contributed by atoms with E-state index in [0.717, 1.165) is 6.54 Å². The van der Waals surface area contributed by atoms with Gasteiger partial charge in [-0.1, -0.05) is 19.9 Å². The summed E-state index contributed by atoms with van der Waals surface area (Å²) in [4.78, 5) is 14.0. The average Bonchev–Trinajstić information content (AvgIpc) is 2.32. The molecule has 0 aliphatic rings. The van der Waals surface area contributed by atoms with E-state index in [1.54, 1.807) is 18.2 Å². The summed E-state index contributed by atoms with van der Waals surface area (Å²) >= 11 is 0. The van der Waals surface area contributed by atoms with Gasteiger partial charge in [0.25, 0.3) is 5.91 Å². The van der Waals surface area contributed by atoms with Crippen molar-refractivity contribution in [2.75, 3.05) is 18.9 Å². The van der Waals surface area contributed by atoms with E-state index >= 15 is 0 Å². The van der Waals surface area contributed by atoms with E-state index in [2.05, 4.69) is 13.8 Å². The fraction of sp³-hybridized carbons (Fsp3) is 0.533. The van der Waals surface area contributed by atoms with Crippen LogP contribution in [0.25, 0.3) is 0 Å². The van der Waals surface area contributed by atoms with Gasteiger partial charge in [0.05, 0.1) is 0 Å². The van der Waals surface area contributed by atoms with Gasteiger partial charge in [0, 0.05) is 24.3 Å². The van der Waals surface area contributed by atoms with Crippen LogP contribution in [0.2, 0.25) is 0 Å². The zero-order valence-electron chi connectivity index (χ0n) is 12.2. The van der Waals surface area contributed by atoms with Crippen LogP contribution < -0.4 is 10.5 Å². The molecule has 0 atom stereocenters. The second-order valence-corrected chi connectivity index (χ2v) is 5.39. The van der Waals surface area contributed by atoms with Crippen molar-refractivity contribution in [3.05, 3.63) is 24.3 Å². The van der Waals surface area contributed by atoms with Crippen LogP contribution in [0.5, 0.6) is 5.75 Å². The van der Waals surface area contributed by atoms with Gasteiger partial charge >= 0.3 is 0 Å². The van der Waals surface area contributed by atoms with Crippen LogP contribution in [0.1, 0.15) is 27.7 Å². The topological polar surface area (TPSA) is 55.6 Å². The summed E-state index contributed by atoms with van der Waals surface area (Å²) in [7, 11) is 0. The van der Waals surface area contributed by atoms with E-state index in [4.69, 9.17) is 10.5 Å². The molecule has 0 unspecified atom stereocenters. The number of carbonyl (C=O) groups excluding carboxylic acids is 1. The number of ether oxygens (including phenoxy) is 1. The van der Waals surface area contributed by atoms with Crippen molar-refractivity contribution in [1.29, 1.82) is 0 Å². The highest BCUT2D eigenvalue weighted by Crippen LogP contribution is 2.15. The van der Waals surface area contributed by atoms with Crippen molar-refractivity contribution in [2.45, 2.75) is 33.7 Å². The van der Waals surface area contributed by atoms with Crippen LogP contribution >= 0.6 is 0 Å². The minimum atomic E-state index is 0.00567. The molecule has 4 nitrogen and oxygen atoms in total. The van der Waals surface area contributed by atoms with Gasteiger partial charge < -0.3 is 15.4 Å². The highest BCUT2D eigenvalue weighted by atomic mass is 16.5. The molecule has 1 amide bonds. The Kier molecular flexibility index (Phi) is 5.67. The lowest BCUT2D eigenvalue weighted by atomic mass is 10.2. The minimum Gasteiger partial charge on any atom is -0.484 e. The predicted octanol–water partition coefficient (Wildman–Crippen LogP) is 2.54. The monoisotopic (exact) mass is 264 g/mol. The summed E-state index contributed by atoms with van der Waals surface area (Å²) in [6, 6.07) is 7.29. The average molecular weight is 264 g/mol. The number of rotatable bonds is 6. The lowest BCUT2D eigenvalue weighted by Gasteiger charge is -2.28. The van der Waals surface area contributed by atoms with E-state index < -0.39 is 0 Å². The highest BCUT2D eigenvalue weighted by molar-refractivity contribution is 5.78. The van der Waals surface area contributed by atoms with E-state index in [0.29, 0.717) is 17.4 Å². The van der Waals surface area contributed by atoms with Gasteiger partial charge in [-0.3, -0.25) is 4.79 Å². The SMILES string of the molecule is CC(C)CN(C(=O)COc1cccc(N)c1)C(C)C. The van der Waals surface area contributed by atoms with E-state index in [1.807, 2.05) is 24.8 Å². The van der Waals surface area contributed by atoms with Gasteiger partial charge in [0.2, 0.25) is 0 Å². The highest BCUT2D eigenvalue weighted by Gasteiger charge is 2.18. The largest absolute Gasteiger partial charge is 0.484 e. The number of amides is 1. The summed E-state index contributed by atoms with van der Waals surface area (Å²) in [6.45, 7) is 9.02. The fourth-order valence-electron chi connectivity index (χ4n) is 1.83. The third kappa shape index (κ3) is 5.20. The summed E-state index contributed by atoms with van der Waals surface area (Å²) in [6.07, 6.45) is 0. The standard InChI is InChI=1S/C15H24N2O2/c1-11(2)9-17(12(3)4)15(18)10-19-14-7-5-6-13(16)8-14/h5-8,11-12H,9-10,16H2,1-4H3. The molecule has 19 heavy (non-hydrogen) atoms. The first kappa shape index (κ1) is 15.3. The second kappa shape index (κ2) is 7.02. The normalized spacial score (nSPS) is 10.8. The van der Waals surface area contributed by atoms with Crippen molar-refractivity contribution in [1.82, 2.24) is 4.90 Å². The van der Waals surface area contributed by atoms with Crippen LogP contribution in [-0.2, 0) is 4.79 Å². The Balaban J connectivity index is 2.57. The van der Waals surface area contributed by atoms with E-state index in [-0.39, 0.29) is 18.6 Å². The van der Waals surface area contributed by atoms with Gasteiger partial charge in [-0.2, -0.15) is 0 Å². The first-order valence-corrected chi connectivity index (χ1v) is 6.68. The van der Waals surface area contributed by atoms with E-state index in [9.17, 15) is 4.79 Å². The quantitative estimate of drug-likeness (QED) is 0.803.